The van der Waals surface area contributed by atoms with Crippen molar-refractivity contribution in [2.45, 2.75) is 25.7 Å². The van der Waals surface area contributed by atoms with E-state index in [0.717, 1.165) is 15.4 Å². The minimum absolute atomic E-state index is 0.0796. The van der Waals surface area contributed by atoms with Gasteiger partial charge in [-0.15, -0.1) is 0 Å². The number of rotatable bonds is 9. The molecule has 4 aromatic carbocycles. The summed E-state index contributed by atoms with van der Waals surface area (Å²) in [6, 6.07) is 29.3. The van der Waals surface area contributed by atoms with E-state index in [4.69, 9.17) is 0 Å². The van der Waals surface area contributed by atoms with Crippen molar-refractivity contribution in [1.29, 1.82) is 0 Å². The van der Waals surface area contributed by atoms with Gasteiger partial charge in [0.25, 0.3) is 21.8 Å². The Labute approximate surface area is 234 Å². The first-order valence-electron chi connectivity index (χ1n) is 12.6. The van der Waals surface area contributed by atoms with Crippen LogP contribution < -0.4 is 15.0 Å². The fraction of sp³-hybridized carbons (Fsp3) is 0.129. The maximum absolute atomic E-state index is 13.6. The number of aryl methyl sites for hydroxylation is 2. The fourth-order valence-electron chi connectivity index (χ4n) is 4.12. The number of hydrogen-bond donors (Lipinski definition) is 2. The molecule has 0 fully saturated rings. The van der Waals surface area contributed by atoms with E-state index in [-0.39, 0.29) is 10.8 Å². The number of nitrogens with zero attached hydrogens (tertiary/aromatic N) is 2. The van der Waals surface area contributed by atoms with Gasteiger partial charge in [0.05, 0.1) is 16.3 Å². The minimum atomic E-state index is -4.03. The predicted octanol–water partition coefficient (Wildman–Crippen LogP) is 5.29. The van der Waals surface area contributed by atoms with Crippen LogP contribution >= 0.6 is 0 Å². The quantitative estimate of drug-likeness (QED) is 0.216. The Balaban J connectivity index is 1.52. The van der Waals surface area contributed by atoms with E-state index in [2.05, 4.69) is 15.8 Å². The molecule has 0 saturated heterocycles. The number of benzene rings is 4. The number of carbonyl (C=O) groups excluding carboxylic acids is 2. The topological polar surface area (TPSA) is 108 Å². The number of hydrazone groups is 1. The molecule has 0 aliphatic heterocycles. The van der Waals surface area contributed by atoms with Crippen LogP contribution in [0.5, 0.6) is 0 Å². The lowest BCUT2D eigenvalue weighted by Crippen LogP contribution is -2.39. The SMILES string of the molecule is C/C(=N/NC(=O)CN(c1cc(C)cc(C)c1)S(=O)(=O)c1ccccc1)c1cccc(NC(=O)c2ccccc2)c1. The number of carbonyl (C=O) groups is 2. The third kappa shape index (κ3) is 7.00. The smallest absolute Gasteiger partial charge is 0.264 e. The van der Waals surface area contributed by atoms with Crippen LogP contribution in [0.4, 0.5) is 11.4 Å². The molecule has 0 aromatic heterocycles. The van der Waals surface area contributed by atoms with Crippen LogP contribution in [-0.2, 0) is 14.8 Å². The zero-order valence-electron chi connectivity index (χ0n) is 22.5. The van der Waals surface area contributed by atoms with Gasteiger partial charge in [-0.05, 0) is 86.0 Å². The van der Waals surface area contributed by atoms with Gasteiger partial charge in [0.1, 0.15) is 6.54 Å². The molecule has 2 amide bonds. The molecule has 0 unspecified atom stereocenters. The van der Waals surface area contributed by atoms with Gasteiger partial charge in [0.2, 0.25) is 0 Å². The number of amides is 2. The van der Waals surface area contributed by atoms with Crippen molar-refractivity contribution >= 4 is 38.9 Å². The third-order valence-corrected chi connectivity index (χ3v) is 7.82. The van der Waals surface area contributed by atoms with Crippen molar-refractivity contribution in [1.82, 2.24) is 5.43 Å². The van der Waals surface area contributed by atoms with Gasteiger partial charge in [0.15, 0.2) is 0 Å². The number of anilines is 2. The molecule has 2 N–H and O–H groups in total. The summed E-state index contributed by atoms with van der Waals surface area (Å²) >= 11 is 0. The molecule has 0 radical (unpaired) electrons. The Kier molecular flexibility index (Phi) is 8.76. The summed E-state index contributed by atoms with van der Waals surface area (Å²) in [7, 11) is -4.03. The Bertz CT molecular complexity index is 1630. The molecule has 9 heteroatoms. The van der Waals surface area contributed by atoms with Crippen LogP contribution in [0.2, 0.25) is 0 Å². The highest BCUT2D eigenvalue weighted by Crippen LogP contribution is 2.25. The van der Waals surface area contributed by atoms with Gasteiger partial charge in [-0.1, -0.05) is 54.6 Å². The predicted molar refractivity (Wildman–Crippen MR) is 158 cm³/mol. The number of sulfonamides is 1. The first-order chi connectivity index (χ1) is 19.1. The van der Waals surface area contributed by atoms with Gasteiger partial charge in [-0.3, -0.25) is 13.9 Å². The van der Waals surface area contributed by atoms with Crippen molar-refractivity contribution in [3.8, 4) is 0 Å². The lowest BCUT2D eigenvalue weighted by Gasteiger charge is -2.24. The maximum Gasteiger partial charge on any atom is 0.264 e. The standard InChI is InChI=1S/C31H30N4O4S/c1-22-17-23(2)19-28(18-22)35(40(38,39)29-15-8-5-9-16-29)21-30(36)34-33-24(3)26-13-10-14-27(20-26)32-31(37)25-11-6-4-7-12-25/h4-20H,21H2,1-3H3,(H,32,37)(H,34,36)/b33-24-. The second kappa shape index (κ2) is 12.4. The van der Waals surface area contributed by atoms with E-state index in [1.54, 1.807) is 85.8 Å². The molecule has 8 nitrogen and oxygen atoms in total. The largest absolute Gasteiger partial charge is 0.322 e. The van der Waals surface area contributed by atoms with Gasteiger partial charge >= 0.3 is 0 Å². The lowest BCUT2D eigenvalue weighted by molar-refractivity contribution is -0.119. The molecule has 4 rings (SSSR count). The monoisotopic (exact) mass is 554 g/mol. The number of hydrogen-bond acceptors (Lipinski definition) is 5. The summed E-state index contributed by atoms with van der Waals surface area (Å²) in [5.74, 6) is -0.849. The summed E-state index contributed by atoms with van der Waals surface area (Å²) in [6.07, 6.45) is 0. The molecule has 0 spiro atoms. The van der Waals surface area contributed by atoms with E-state index in [9.17, 15) is 18.0 Å². The molecule has 0 heterocycles. The third-order valence-electron chi connectivity index (χ3n) is 6.04. The Morgan fingerprint density at radius 3 is 2.02 bits per heavy atom. The number of nitrogens with one attached hydrogen (secondary N) is 2. The van der Waals surface area contributed by atoms with Crippen molar-refractivity contribution in [2.75, 3.05) is 16.2 Å². The molecule has 0 saturated carbocycles. The first kappa shape index (κ1) is 28.3. The molecule has 40 heavy (non-hydrogen) atoms. The second-order valence-corrected chi connectivity index (χ2v) is 11.2. The molecule has 0 aliphatic rings. The van der Waals surface area contributed by atoms with Crippen molar-refractivity contribution in [3.05, 3.63) is 125 Å². The van der Waals surface area contributed by atoms with Gasteiger partial charge in [-0.2, -0.15) is 5.10 Å². The van der Waals surface area contributed by atoms with Crippen LogP contribution in [0.25, 0.3) is 0 Å². The normalized spacial score (nSPS) is 11.5. The summed E-state index contributed by atoms with van der Waals surface area (Å²) < 4.78 is 28.2. The van der Waals surface area contributed by atoms with Crippen molar-refractivity contribution in [3.63, 3.8) is 0 Å². The van der Waals surface area contributed by atoms with Gasteiger partial charge < -0.3 is 5.32 Å². The van der Waals surface area contributed by atoms with Gasteiger partial charge in [-0.25, -0.2) is 13.8 Å². The maximum atomic E-state index is 13.6. The molecule has 0 bridgehead atoms. The fourth-order valence-corrected chi connectivity index (χ4v) is 5.55. The zero-order valence-corrected chi connectivity index (χ0v) is 23.3. The Morgan fingerprint density at radius 1 is 0.775 bits per heavy atom. The van der Waals surface area contributed by atoms with Crippen LogP contribution in [-0.4, -0.2) is 32.5 Å². The average Bonchev–Trinajstić information content (AvgIpc) is 2.95. The highest BCUT2D eigenvalue weighted by atomic mass is 32.2. The molecular formula is C31H30N4O4S. The lowest BCUT2D eigenvalue weighted by atomic mass is 10.1. The molecular weight excluding hydrogens is 524 g/mol. The molecule has 0 aliphatic carbocycles. The highest BCUT2D eigenvalue weighted by Gasteiger charge is 2.27. The molecule has 204 valence electrons. The van der Waals surface area contributed by atoms with Crippen LogP contribution in [0.3, 0.4) is 0 Å². The van der Waals surface area contributed by atoms with E-state index in [1.165, 1.54) is 12.1 Å². The van der Waals surface area contributed by atoms with Crippen LogP contribution in [0.1, 0.15) is 34.0 Å². The summed E-state index contributed by atoms with van der Waals surface area (Å²) in [6.45, 7) is 4.98. The molecule has 4 aromatic rings. The minimum Gasteiger partial charge on any atom is -0.322 e. The van der Waals surface area contributed by atoms with Crippen LogP contribution in [0, 0.1) is 13.8 Å². The Hall–Kier alpha value is -4.76. The van der Waals surface area contributed by atoms with Crippen LogP contribution in [0.15, 0.2) is 113 Å². The van der Waals surface area contributed by atoms with Gasteiger partial charge in [0, 0.05) is 11.3 Å². The average molecular weight is 555 g/mol. The van der Waals surface area contributed by atoms with E-state index in [0.29, 0.717) is 28.2 Å². The Morgan fingerprint density at radius 2 is 1.38 bits per heavy atom. The van der Waals surface area contributed by atoms with Crippen molar-refractivity contribution < 1.29 is 18.0 Å². The highest BCUT2D eigenvalue weighted by molar-refractivity contribution is 7.92. The van der Waals surface area contributed by atoms with E-state index in [1.807, 2.05) is 26.0 Å². The van der Waals surface area contributed by atoms with E-state index < -0.39 is 22.5 Å². The summed E-state index contributed by atoms with van der Waals surface area (Å²) in [5.41, 5.74) is 6.87. The second-order valence-electron chi connectivity index (χ2n) is 9.30. The molecule has 0 atom stereocenters. The summed E-state index contributed by atoms with van der Waals surface area (Å²) in [4.78, 5) is 25.6. The summed E-state index contributed by atoms with van der Waals surface area (Å²) in [5, 5.41) is 7.04. The van der Waals surface area contributed by atoms with E-state index >= 15 is 0 Å². The zero-order chi connectivity index (χ0) is 28.7. The van der Waals surface area contributed by atoms with Crippen molar-refractivity contribution in [2.24, 2.45) is 5.10 Å². The first-order valence-corrected chi connectivity index (χ1v) is 14.0.